The molecule has 1 aliphatic rings. The van der Waals surface area contributed by atoms with E-state index in [1.165, 1.54) is 7.11 Å². The Balaban J connectivity index is 1.52. The number of methoxy groups -OCH3 is 1. The van der Waals surface area contributed by atoms with Gasteiger partial charge in [-0.3, -0.25) is 4.79 Å². The molecule has 158 valence electrons. The Bertz CT molecular complexity index is 906. The summed E-state index contributed by atoms with van der Waals surface area (Å²) in [5.41, 5.74) is 1.45. The largest absolute Gasteiger partial charge is 0.465 e. The number of hydrogen-bond donors (Lipinski definition) is 2. The van der Waals surface area contributed by atoms with Crippen LogP contribution in [0.4, 0.5) is 10.5 Å². The molecule has 30 heavy (non-hydrogen) atoms. The third-order valence-corrected chi connectivity index (χ3v) is 5.53. The van der Waals surface area contributed by atoms with Gasteiger partial charge < -0.3 is 20.3 Å². The molecular formula is C23H27N3O4. The molecule has 0 aromatic heterocycles. The van der Waals surface area contributed by atoms with Crippen molar-refractivity contribution < 1.29 is 19.1 Å². The maximum atomic E-state index is 12.7. The summed E-state index contributed by atoms with van der Waals surface area (Å²) in [6.07, 6.45) is 1.17. The van der Waals surface area contributed by atoms with Crippen LogP contribution in [-0.2, 0) is 16.1 Å². The molecule has 1 fully saturated rings. The van der Waals surface area contributed by atoms with E-state index in [0.717, 1.165) is 5.56 Å². The monoisotopic (exact) mass is 409 g/mol. The minimum absolute atomic E-state index is 0.0113. The van der Waals surface area contributed by atoms with E-state index >= 15 is 0 Å². The fourth-order valence-electron chi connectivity index (χ4n) is 3.47. The summed E-state index contributed by atoms with van der Waals surface area (Å²) in [6, 6.07) is 16.2. The van der Waals surface area contributed by atoms with Crippen molar-refractivity contribution >= 4 is 23.6 Å². The first-order valence-electron chi connectivity index (χ1n) is 9.98. The van der Waals surface area contributed by atoms with Crippen LogP contribution in [0.3, 0.4) is 0 Å². The molecule has 0 spiro atoms. The van der Waals surface area contributed by atoms with Crippen LogP contribution in [0, 0.1) is 5.41 Å². The number of likely N-dealkylation sites (tertiary alicyclic amines) is 1. The van der Waals surface area contributed by atoms with Crippen LogP contribution in [0.5, 0.6) is 0 Å². The molecule has 0 bridgehead atoms. The van der Waals surface area contributed by atoms with E-state index in [-0.39, 0.29) is 11.9 Å². The molecule has 2 aromatic carbocycles. The Labute approximate surface area is 176 Å². The first kappa shape index (κ1) is 21.4. The molecule has 3 rings (SSSR count). The summed E-state index contributed by atoms with van der Waals surface area (Å²) in [6.45, 7) is 3.41. The standard InChI is InChI=1S/C23H27N3O4/c1-23(21(28)24-16-17-7-4-3-5-8-17)11-13-26(14-12-23)22(29)25-19-10-6-9-18(15-19)20(27)30-2/h3-10,15H,11-14,16H2,1-2H3,(H,24,28)(H,25,29). The zero-order valence-electron chi connectivity index (χ0n) is 17.3. The molecule has 0 aliphatic carbocycles. The van der Waals surface area contributed by atoms with Crippen molar-refractivity contribution in [2.75, 3.05) is 25.5 Å². The van der Waals surface area contributed by atoms with Gasteiger partial charge in [0, 0.05) is 30.7 Å². The molecule has 2 N–H and O–H groups in total. The lowest BCUT2D eigenvalue weighted by Crippen LogP contribution is -2.49. The molecule has 0 radical (unpaired) electrons. The van der Waals surface area contributed by atoms with Crippen LogP contribution in [0.1, 0.15) is 35.7 Å². The van der Waals surface area contributed by atoms with Gasteiger partial charge in [-0.2, -0.15) is 0 Å². The van der Waals surface area contributed by atoms with Crippen molar-refractivity contribution in [1.29, 1.82) is 0 Å². The van der Waals surface area contributed by atoms with Crippen LogP contribution in [0.25, 0.3) is 0 Å². The summed E-state index contributed by atoms with van der Waals surface area (Å²) < 4.78 is 4.71. The molecule has 0 unspecified atom stereocenters. The normalized spacial score (nSPS) is 15.2. The molecule has 1 saturated heterocycles. The highest BCUT2D eigenvalue weighted by atomic mass is 16.5. The van der Waals surface area contributed by atoms with E-state index in [1.54, 1.807) is 29.2 Å². The highest BCUT2D eigenvalue weighted by Gasteiger charge is 2.37. The number of nitrogens with one attached hydrogen (secondary N) is 2. The van der Waals surface area contributed by atoms with Crippen molar-refractivity contribution in [1.82, 2.24) is 10.2 Å². The Morgan fingerprint density at radius 3 is 2.40 bits per heavy atom. The Hall–Kier alpha value is -3.35. The van der Waals surface area contributed by atoms with Crippen LogP contribution in [-0.4, -0.2) is 43.0 Å². The van der Waals surface area contributed by atoms with Gasteiger partial charge in [-0.15, -0.1) is 0 Å². The third-order valence-electron chi connectivity index (χ3n) is 5.53. The number of carbonyl (C=O) groups excluding carboxylic acids is 3. The minimum atomic E-state index is -0.504. The van der Waals surface area contributed by atoms with Crippen molar-refractivity contribution in [2.45, 2.75) is 26.3 Å². The average molecular weight is 409 g/mol. The summed E-state index contributed by atoms with van der Waals surface area (Å²) in [4.78, 5) is 38.7. The predicted molar refractivity (Wildman–Crippen MR) is 114 cm³/mol. The van der Waals surface area contributed by atoms with Gasteiger partial charge >= 0.3 is 12.0 Å². The van der Waals surface area contributed by atoms with E-state index in [4.69, 9.17) is 4.74 Å². The molecule has 1 heterocycles. The van der Waals surface area contributed by atoms with Crippen LogP contribution in [0.15, 0.2) is 54.6 Å². The molecule has 7 heteroatoms. The number of anilines is 1. The number of nitrogens with zero attached hydrogens (tertiary/aromatic N) is 1. The van der Waals surface area contributed by atoms with Crippen molar-refractivity contribution in [2.24, 2.45) is 5.41 Å². The number of ether oxygens (including phenoxy) is 1. The lowest BCUT2D eigenvalue weighted by Gasteiger charge is -2.38. The second-order valence-corrected chi connectivity index (χ2v) is 7.72. The lowest BCUT2D eigenvalue weighted by molar-refractivity contribution is -0.132. The third kappa shape index (κ3) is 5.17. The topological polar surface area (TPSA) is 87.7 Å². The second kappa shape index (κ2) is 9.43. The maximum Gasteiger partial charge on any atom is 0.337 e. The summed E-state index contributed by atoms with van der Waals surface area (Å²) in [5.74, 6) is -0.446. The summed E-state index contributed by atoms with van der Waals surface area (Å²) in [7, 11) is 1.31. The van der Waals surface area contributed by atoms with E-state index < -0.39 is 11.4 Å². The first-order valence-corrected chi connectivity index (χ1v) is 9.98. The molecule has 7 nitrogen and oxygen atoms in total. The smallest absolute Gasteiger partial charge is 0.337 e. The quantitative estimate of drug-likeness (QED) is 0.741. The number of amides is 3. The van der Waals surface area contributed by atoms with Crippen molar-refractivity contribution in [3.8, 4) is 0 Å². The van der Waals surface area contributed by atoms with Crippen LogP contribution in [0.2, 0.25) is 0 Å². The van der Waals surface area contributed by atoms with Gasteiger partial charge in [0.1, 0.15) is 0 Å². The zero-order chi connectivity index (χ0) is 21.6. The van der Waals surface area contributed by atoms with Gasteiger partial charge in [-0.05, 0) is 36.6 Å². The van der Waals surface area contributed by atoms with Crippen LogP contribution < -0.4 is 10.6 Å². The molecule has 0 atom stereocenters. The maximum absolute atomic E-state index is 12.7. The molecule has 1 aliphatic heterocycles. The van der Waals surface area contributed by atoms with Crippen LogP contribution >= 0.6 is 0 Å². The number of esters is 1. The summed E-state index contributed by atoms with van der Waals surface area (Å²) in [5, 5.41) is 5.83. The second-order valence-electron chi connectivity index (χ2n) is 7.72. The van der Waals surface area contributed by atoms with Gasteiger partial charge in [0.25, 0.3) is 0 Å². The van der Waals surface area contributed by atoms with Gasteiger partial charge in [-0.25, -0.2) is 9.59 Å². The number of piperidine rings is 1. The van der Waals surface area contributed by atoms with Gasteiger partial charge in [0.05, 0.1) is 12.7 Å². The zero-order valence-corrected chi connectivity index (χ0v) is 17.3. The number of benzene rings is 2. The van der Waals surface area contributed by atoms with Gasteiger partial charge in [0.2, 0.25) is 5.91 Å². The lowest BCUT2D eigenvalue weighted by atomic mass is 9.79. The Kier molecular flexibility index (Phi) is 6.72. The summed E-state index contributed by atoms with van der Waals surface area (Å²) >= 11 is 0. The van der Waals surface area contributed by atoms with E-state index in [1.807, 2.05) is 37.3 Å². The average Bonchev–Trinajstić information content (AvgIpc) is 2.78. The fourth-order valence-corrected chi connectivity index (χ4v) is 3.47. The SMILES string of the molecule is COC(=O)c1cccc(NC(=O)N2CCC(C)(C(=O)NCc3ccccc3)CC2)c1. The molecule has 0 saturated carbocycles. The van der Waals surface area contributed by atoms with Gasteiger partial charge in [0.15, 0.2) is 0 Å². The van der Waals surface area contributed by atoms with Gasteiger partial charge in [-0.1, -0.05) is 43.3 Å². The minimum Gasteiger partial charge on any atom is -0.465 e. The highest BCUT2D eigenvalue weighted by molar-refractivity contribution is 5.94. The number of hydrogen-bond acceptors (Lipinski definition) is 4. The van der Waals surface area contributed by atoms with Crippen molar-refractivity contribution in [3.63, 3.8) is 0 Å². The number of urea groups is 1. The van der Waals surface area contributed by atoms with Crippen molar-refractivity contribution in [3.05, 3.63) is 65.7 Å². The number of rotatable bonds is 5. The molecule has 3 amide bonds. The number of carbonyl (C=O) groups is 3. The molecular weight excluding hydrogens is 382 g/mol. The van der Waals surface area contributed by atoms with E-state index in [2.05, 4.69) is 10.6 Å². The van der Waals surface area contributed by atoms with E-state index in [0.29, 0.717) is 43.7 Å². The highest BCUT2D eigenvalue weighted by Crippen LogP contribution is 2.31. The fraction of sp³-hybridized carbons (Fsp3) is 0.348. The Morgan fingerprint density at radius 1 is 1.03 bits per heavy atom. The first-order chi connectivity index (χ1) is 14.4. The molecule has 2 aromatic rings. The van der Waals surface area contributed by atoms with E-state index in [9.17, 15) is 14.4 Å². The predicted octanol–water partition coefficient (Wildman–Crippen LogP) is 3.42. The Morgan fingerprint density at radius 2 is 1.73 bits per heavy atom.